The molecule has 17 heavy (non-hydrogen) atoms. The number of aliphatic carboxylic acids is 1. The Labute approximate surface area is 96.1 Å². The molecule has 1 rings (SSSR count). The summed E-state index contributed by atoms with van der Waals surface area (Å²) in [7, 11) is 0. The number of urea groups is 1. The normalized spacial score (nSPS) is 9.41. The molecule has 7 heteroatoms. The number of aromatic carboxylic acids is 1. The number of carboxylic acids is 2. The summed E-state index contributed by atoms with van der Waals surface area (Å²) in [6.45, 7) is -0.509. The minimum Gasteiger partial charge on any atom is -0.480 e. The van der Waals surface area contributed by atoms with Crippen LogP contribution in [0.5, 0.6) is 0 Å². The maximum absolute atomic E-state index is 11.2. The first-order valence-electron chi connectivity index (χ1n) is 4.59. The number of hydrogen-bond acceptors (Lipinski definition) is 3. The highest BCUT2D eigenvalue weighted by Crippen LogP contribution is 2.10. The maximum Gasteiger partial charge on any atom is 0.335 e. The molecule has 0 aromatic heterocycles. The molecular formula is C10H10N2O5. The summed E-state index contributed by atoms with van der Waals surface area (Å²) in [5.41, 5.74) is 0.300. The van der Waals surface area contributed by atoms with E-state index in [2.05, 4.69) is 10.6 Å². The fourth-order valence-electron chi connectivity index (χ4n) is 1.06. The van der Waals surface area contributed by atoms with Gasteiger partial charge in [-0.3, -0.25) is 4.79 Å². The molecule has 1 aromatic rings. The molecule has 1 aromatic carbocycles. The molecule has 0 aliphatic carbocycles. The van der Waals surface area contributed by atoms with Gasteiger partial charge >= 0.3 is 18.0 Å². The number of carbonyl (C=O) groups excluding carboxylic acids is 1. The lowest BCUT2D eigenvalue weighted by atomic mass is 10.2. The molecule has 90 valence electrons. The molecule has 0 radical (unpaired) electrons. The van der Waals surface area contributed by atoms with Crippen LogP contribution in [0.3, 0.4) is 0 Å². The Morgan fingerprint density at radius 3 is 2.47 bits per heavy atom. The van der Waals surface area contributed by atoms with Gasteiger partial charge < -0.3 is 20.8 Å². The second kappa shape index (κ2) is 5.50. The smallest absolute Gasteiger partial charge is 0.335 e. The average molecular weight is 238 g/mol. The molecule has 0 bridgehead atoms. The summed E-state index contributed by atoms with van der Waals surface area (Å²) in [4.78, 5) is 32.0. The lowest BCUT2D eigenvalue weighted by Crippen LogP contribution is -2.33. The molecule has 0 spiro atoms. The Hall–Kier alpha value is -2.57. The van der Waals surface area contributed by atoms with Gasteiger partial charge in [0, 0.05) is 5.69 Å². The van der Waals surface area contributed by atoms with Gasteiger partial charge in [-0.1, -0.05) is 6.07 Å². The van der Waals surface area contributed by atoms with Gasteiger partial charge in [0.2, 0.25) is 0 Å². The van der Waals surface area contributed by atoms with Crippen molar-refractivity contribution in [3.05, 3.63) is 29.8 Å². The fraction of sp³-hybridized carbons (Fsp3) is 0.100. The first-order valence-corrected chi connectivity index (χ1v) is 4.59. The lowest BCUT2D eigenvalue weighted by Gasteiger charge is -2.06. The molecule has 2 amide bonds. The summed E-state index contributed by atoms with van der Waals surface area (Å²) in [5.74, 6) is -2.28. The van der Waals surface area contributed by atoms with Crippen molar-refractivity contribution in [3.8, 4) is 0 Å². The largest absolute Gasteiger partial charge is 0.480 e. The van der Waals surface area contributed by atoms with Crippen molar-refractivity contribution in [3.63, 3.8) is 0 Å². The molecule has 0 saturated carbocycles. The molecule has 0 aliphatic rings. The number of amides is 2. The third-order valence-electron chi connectivity index (χ3n) is 1.77. The molecular weight excluding hydrogens is 228 g/mol. The van der Waals surface area contributed by atoms with E-state index in [1.54, 1.807) is 0 Å². The van der Waals surface area contributed by atoms with Crippen LogP contribution in [-0.4, -0.2) is 34.7 Å². The third-order valence-corrected chi connectivity index (χ3v) is 1.77. The Balaban J connectivity index is 2.62. The van der Waals surface area contributed by atoms with E-state index in [0.29, 0.717) is 0 Å². The Kier molecular flexibility index (Phi) is 4.04. The molecule has 0 unspecified atom stereocenters. The van der Waals surface area contributed by atoms with Crippen molar-refractivity contribution in [1.82, 2.24) is 5.32 Å². The highest BCUT2D eigenvalue weighted by Gasteiger charge is 2.06. The van der Waals surface area contributed by atoms with E-state index in [0.717, 1.165) is 0 Å². The fourth-order valence-corrected chi connectivity index (χ4v) is 1.06. The maximum atomic E-state index is 11.2. The minimum atomic E-state index is -1.17. The van der Waals surface area contributed by atoms with Crippen LogP contribution in [-0.2, 0) is 4.79 Å². The summed E-state index contributed by atoms with van der Waals surface area (Å²) in [6.07, 6.45) is 0. The van der Waals surface area contributed by atoms with Crippen molar-refractivity contribution < 1.29 is 24.6 Å². The van der Waals surface area contributed by atoms with Crippen LogP contribution in [0.2, 0.25) is 0 Å². The van der Waals surface area contributed by atoms with E-state index in [1.807, 2.05) is 0 Å². The first kappa shape index (κ1) is 12.5. The standard InChI is InChI=1S/C10H10N2O5/c13-8(14)5-11-10(17)12-7-3-1-2-6(4-7)9(15)16/h1-4H,5H2,(H,13,14)(H,15,16)(H2,11,12,17). The number of rotatable bonds is 4. The van der Waals surface area contributed by atoms with E-state index < -0.39 is 24.5 Å². The van der Waals surface area contributed by atoms with Crippen LogP contribution < -0.4 is 10.6 Å². The molecule has 4 N–H and O–H groups in total. The van der Waals surface area contributed by atoms with Crippen LogP contribution in [0, 0.1) is 0 Å². The Morgan fingerprint density at radius 2 is 1.88 bits per heavy atom. The average Bonchev–Trinajstić information content (AvgIpc) is 2.26. The molecule has 0 aliphatic heterocycles. The molecule has 0 atom stereocenters. The number of carboxylic acid groups (broad SMARTS) is 2. The molecule has 0 fully saturated rings. The van der Waals surface area contributed by atoms with Crippen LogP contribution >= 0.6 is 0 Å². The Morgan fingerprint density at radius 1 is 1.18 bits per heavy atom. The lowest BCUT2D eigenvalue weighted by molar-refractivity contribution is -0.135. The van der Waals surface area contributed by atoms with Gasteiger partial charge in [-0.15, -0.1) is 0 Å². The zero-order valence-corrected chi connectivity index (χ0v) is 8.64. The van der Waals surface area contributed by atoms with E-state index in [1.165, 1.54) is 24.3 Å². The van der Waals surface area contributed by atoms with Crippen molar-refractivity contribution in [2.75, 3.05) is 11.9 Å². The highest BCUT2D eigenvalue weighted by atomic mass is 16.4. The topological polar surface area (TPSA) is 116 Å². The van der Waals surface area contributed by atoms with Crippen molar-refractivity contribution in [2.24, 2.45) is 0 Å². The van der Waals surface area contributed by atoms with E-state index in [-0.39, 0.29) is 11.3 Å². The van der Waals surface area contributed by atoms with Gasteiger partial charge in [-0.25, -0.2) is 9.59 Å². The van der Waals surface area contributed by atoms with Crippen molar-refractivity contribution in [1.29, 1.82) is 0 Å². The summed E-state index contributed by atoms with van der Waals surface area (Å²) in [6, 6.07) is 4.89. The Bertz CT molecular complexity index is 458. The van der Waals surface area contributed by atoms with Crippen molar-refractivity contribution in [2.45, 2.75) is 0 Å². The number of carbonyl (C=O) groups is 3. The summed E-state index contributed by atoms with van der Waals surface area (Å²) in [5, 5.41) is 21.4. The van der Waals surface area contributed by atoms with Gasteiger partial charge in [0.15, 0.2) is 0 Å². The van der Waals surface area contributed by atoms with Crippen LogP contribution in [0.15, 0.2) is 24.3 Å². The summed E-state index contributed by atoms with van der Waals surface area (Å²) >= 11 is 0. The highest BCUT2D eigenvalue weighted by molar-refractivity contribution is 5.94. The van der Waals surface area contributed by atoms with E-state index >= 15 is 0 Å². The second-order valence-corrected chi connectivity index (χ2v) is 3.09. The molecule has 7 nitrogen and oxygen atoms in total. The van der Waals surface area contributed by atoms with Gasteiger partial charge in [0.1, 0.15) is 6.54 Å². The second-order valence-electron chi connectivity index (χ2n) is 3.09. The summed E-state index contributed by atoms with van der Waals surface area (Å²) < 4.78 is 0. The van der Waals surface area contributed by atoms with Gasteiger partial charge in [-0.05, 0) is 18.2 Å². The predicted molar refractivity (Wildman–Crippen MR) is 58.1 cm³/mol. The number of hydrogen-bond donors (Lipinski definition) is 4. The van der Waals surface area contributed by atoms with E-state index in [4.69, 9.17) is 10.2 Å². The van der Waals surface area contributed by atoms with Crippen LogP contribution in [0.1, 0.15) is 10.4 Å². The van der Waals surface area contributed by atoms with Gasteiger partial charge in [-0.2, -0.15) is 0 Å². The van der Waals surface area contributed by atoms with Gasteiger partial charge in [0.05, 0.1) is 5.56 Å². The monoisotopic (exact) mass is 238 g/mol. The predicted octanol–water partition coefficient (Wildman–Crippen LogP) is 0.591. The SMILES string of the molecule is O=C(O)CNC(=O)Nc1cccc(C(=O)O)c1. The number of nitrogens with one attached hydrogen (secondary N) is 2. The molecule has 0 heterocycles. The third kappa shape index (κ3) is 4.20. The first-order chi connectivity index (χ1) is 7.99. The zero-order valence-electron chi connectivity index (χ0n) is 8.64. The molecule has 0 saturated heterocycles. The van der Waals surface area contributed by atoms with Crippen molar-refractivity contribution >= 4 is 23.7 Å². The quantitative estimate of drug-likeness (QED) is 0.612. The zero-order chi connectivity index (χ0) is 12.8. The number of anilines is 1. The number of benzene rings is 1. The van der Waals surface area contributed by atoms with Crippen LogP contribution in [0.4, 0.5) is 10.5 Å². The van der Waals surface area contributed by atoms with Crippen LogP contribution in [0.25, 0.3) is 0 Å². The minimum absolute atomic E-state index is 0.0287. The van der Waals surface area contributed by atoms with E-state index in [9.17, 15) is 14.4 Å². The van der Waals surface area contributed by atoms with Gasteiger partial charge in [0.25, 0.3) is 0 Å².